The van der Waals surface area contributed by atoms with Gasteiger partial charge in [-0.15, -0.1) is 0 Å². The summed E-state index contributed by atoms with van der Waals surface area (Å²) in [4.78, 5) is 25.9. The van der Waals surface area contributed by atoms with Crippen LogP contribution in [0.3, 0.4) is 0 Å². The molecule has 0 saturated carbocycles. The molecule has 1 rings (SSSR count). The van der Waals surface area contributed by atoms with E-state index in [1.807, 2.05) is 44.2 Å². The molecule has 5 nitrogen and oxygen atoms in total. The van der Waals surface area contributed by atoms with Crippen molar-refractivity contribution < 1.29 is 14.3 Å². The van der Waals surface area contributed by atoms with Crippen molar-refractivity contribution in [3.05, 3.63) is 35.9 Å². The van der Waals surface area contributed by atoms with Gasteiger partial charge in [0.1, 0.15) is 0 Å². The number of methoxy groups -OCH3 is 1. The maximum atomic E-state index is 12.6. The number of amides is 2. The number of ether oxygens (including phenoxy) is 1. The maximum absolute atomic E-state index is 12.6. The normalized spacial score (nSPS) is 11.1. The third-order valence-corrected chi connectivity index (χ3v) is 3.61. The van der Waals surface area contributed by atoms with E-state index in [1.165, 1.54) is 4.90 Å². The number of carbonyl (C=O) groups excluding carboxylic acids is 2. The molecule has 122 valence electrons. The van der Waals surface area contributed by atoms with Crippen LogP contribution >= 0.6 is 0 Å². The highest BCUT2D eigenvalue weighted by molar-refractivity contribution is 5.90. The topological polar surface area (TPSA) is 58.6 Å². The lowest BCUT2D eigenvalue weighted by Crippen LogP contribution is -2.46. The molecule has 0 aliphatic heterocycles. The van der Waals surface area contributed by atoms with Crippen LogP contribution in [0.15, 0.2) is 30.3 Å². The summed E-state index contributed by atoms with van der Waals surface area (Å²) in [7, 11) is 3.28. The molecule has 0 aromatic heterocycles. The zero-order valence-electron chi connectivity index (χ0n) is 13.9. The fourth-order valence-corrected chi connectivity index (χ4v) is 2.24. The van der Waals surface area contributed by atoms with Gasteiger partial charge in [-0.1, -0.05) is 30.3 Å². The minimum absolute atomic E-state index is 0.0576. The number of carbonyl (C=O) groups is 2. The first-order valence-corrected chi connectivity index (χ1v) is 7.46. The summed E-state index contributed by atoms with van der Waals surface area (Å²) in [6.07, 6.45) is 0.759. The van der Waals surface area contributed by atoms with Gasteiger partial charge in [-0.25, -0.2) is 0 Å². The number of nitrogens with one attached hydrogen (secondary N) is 1. The Labute approximate surface area is 132 Å². The van der Waals surface area contributed by atoms with Crippen LogP contribution in [0.1, 0.15) is 25.8 Å². The quantitative estimate of drug-likeness (QED) is 0.742. The van der Waals surface area contributed by atoms with E-state index in [9.17, 15) is 9.59 Å². The average Bonchev–Trinajstić information content (AvgIpc) is 2.51. The number of rotatable bonds is 8. The van der Waals surface area contributed by atoms with Gasteiger partial charge in [0.05, 0.1) is 12.0 Å². The molecule has 0 aliphatic carbocycles. The van der Waals surface area contributed by atoms with Gasteiger partial charge in [0, 0.05) is 27.3 Å². The first-order valence-electron chi connectivity index (χ1n) is 7.46. The zero-order valence-corrected chi connectivity index (χ0v) is 13.9. The minimum Gasteiger partial charge on any atom is -0.385 e. The van der Waals surface area contributed by atoms with Crippen LogP contribution in [0.5, 0.6) is 0 Å². The van der Waals surface area contributed by atoms with Crippen LogP contribution in [0.25, 0.3) is 0 Å². The molecule has 1 aromatic rings. The Hall–Kier alpha value is -1.88. The van der Waals surface area contributed by atoms with Crippen LogP contribution in [0, 0.1) is 0 Å². The number of hydrogen-bond donors (Lipinski definition) is 1. The molecule has 1 N–H and O–H groups in total. The summed E-state index contributed by atoms with van der Waals surface area (Å²) >= 11 is 0. The van der Waals surface area contributed by atoms with E-state index in [0.29, 0.717) is 13.2 Å². The molecule has 22 heavy (non-hydrogen) atoms. The van der Waals surface area contributed by atoms with Crippen molar-refractivity contribution in [2.45, 2.75) is 25.7 Å². The molecule has 0 bridgehead atoms. The molecule has 5 heteroatoms. The summed E-state index contributed by atoms with van der Waals surface area (Å²) in [6, 6.07) is 9.59. The molecular formula is C17H26N2O3. The fourth-order valence-electron chi connectivity index (χ4n) is 2.24. The number of benzene rings is 1. The van der Waals surface area contributed by atoms with E-state index < -0.39 is 5.41 Å². The van der Waals surface area contributed by atoms with Crippen LogP contribution in [0.2, 0.25) is 0 Å². The Kier molecular flexibility index (Phi) is 7.05. The molecule has 1 aromatic carbocycles. The Balaban J connectivity index is 2.55. The van der Waals surface area contributed by atoms with Crippen molar-refractivity contribution >= 4 is 11.8 Å². The molecule has 0 unspecified atom stereocenters. The number of nitrogens with zero attached hydrogens (tertiary/aromatic N) is 1. The third kappa shape index (κ3) is 5.15. The van der Waals surface area contributed by atoms with Crippen LogP contribution < -0.4 is 5.32 Å². The largest absolute Gasteiger partial charge is 0.385 e. The van der Waals surface area contributed by atoms with Crippen LogP contribution in [-0.4, -0.2) is 50.6 Å². The zero-order chi connectivity index (χ0) is 16.6. The molecule has 0 aliphatic rings. The molecule has 0 atom stereocenters. The SMILES string of the molecule is COCCCNC(=O)CN(C)C(=O)C(C)(C)c1ccccc1. The van der Waals surface area contributed by atoms with Crippen LogP contribution in [-0.2, 0) is 19.7 Å². The number of hydrogen-bond acceptors (Lipinski definition) is 3. The van der Waals surface area contributed by atoms with E-state index in [2.05, 4.69) is 5.32 Å². The smallest absolute Gasteiger partial charge is 0.239 e. The van der Waals surface area contributed by atoms with Crippen molar-refractivity contribution in [2.75, 3.05) is 33.9 Å². The highest BCUT2D eigenvalue weighted by Gasteiger charge is 2.32. The summed E-state index contributed by atoms with van der Waals surface area (Å²) in [5, 5.41) is 2.78. The van der Waals surface area contributed by atoms with Gasteiger partial charge in [-0.05, 0) is 25.8 Å². The highest BCUT2D eigenvalue weighted by Crippen LogP contribution is 2.24. The van der Waals surface area contributed by atoms with E-state index in [0.717, 1.165) is 12.0 Å². The standard InChI is InChI=1S/C17H26N2O3/c1-17(2,14-9-6-5-7-10-14)16(21)19(3)13-15(20)18-11-8-12-22-4/h5-7,9-10H,8,11-13H2,1-4H3,(H,18,20). The molecule has 0 fully saturated rings. The lowest BCUT2D eigenvalue weighted by Gasteiger charge is -2.29. The average molecular weight is 306 g/mol. The second kappa shape index (κ2) is 8.54. The van der Waals surface area contributed by atoms with E-state index in [4.69, 9.17) is 4.74 Å². The van der Waals surface area contributed by atoms with Gasteiger partial charge in [-0.3, -0.25) is 9.59 Å². The van der Waals surface area contributed by atoms with Crippen LogP contribution in [0.4, 0.5) is 0 Å². The van der Waals surface area contributed by atoms with Gasteiger partial charge in [0.25, 0.3) is 0 Å². The first kappa shape index (κ1) is 18.2. The van der Waals surface area contributed by atoms with Gasteiger partial charge in [-0.2, -0.15) is 0 Å². The second-order valence-electron chi connectivity index (χ2n) is 5.85. The molecule has 0 radical (unpaired) electrons. The van der Waals surface area contributed by atoms with Crippen molar-refractivity contribution in [3.8, 4) is 0 Å². The molecule has 0 spiro atoms. The summed E-state index contributed by atoms with van der Waals surface area (Å²) in [5.74, 6) is -0.235. The van der Waals surface area contributed by atoms with Gasteiger partial charge in [0.2, 0.25) is 11.8 Å². The second-order valence-corrected chi connectivity index (χ2v) is 5.85. The van der Waals surface area contributed by atoms with E-state index in [-0.39, 0.29) is 18.4 Å². The van der Waals surface area contributed by atoms with E-state index >= 15 is 0 Å². The molecule has 2 amide bonds. The van der Waals surface area contributed by atoms with Gasteiger partial charge >= 0.3 is 0 Å². The first-order chi connectivity index (χ1) is 10.4. The monoisotopic (exact) mass is 306 g/mol. The van der Waals surface area contributed by atoms with Gasteiger partial charge in [0.15, 0.2) is 0 Å². The van der Waals surface area contributed by atoms with Crippen molar-refractivity contribution in [1.82, 2.24) is 10.2 Å². The molecule has 0 heterocycles. The predicted molar refractivity (Wildman–Crippen MR) is 86.6 cm³/mol. The molecular weight excluding hydrogens is 280 g/mol. The lowest BCUT2D eigenvalue weighted by molar-refractivity contribution is -0.138. The minimum atomic E-state index is -0.660. The van der Waals surface area contributed by atoms with E-state index in [1.54, 1.807) is 14.2 Å². The molecule has 0 saturated heterocycles. The third-order valence-electron chi connectivity index (χ3n) is 3.61. The Morgan fingerprint density at radius 3 is 2.45 bits per heavy atom. The lowest BCUT2D eigenvalue weighted by atomic mass is 9.83. The Morgan fingerprint density at radius 1 is 1.23 bits per heavy atom. The van der Waals surface area contributed by atoms with Crippen molar-refractivity contribution in [2.24, 2.45) is 0 Å². The predicted octanol–water partition coefficient (Wildman–Crippen LogP) is 1.58. The van der Waals surface area contributed by atoms with Crippen molar-refractivity contribution in [3.63, 3.8) is 0 Å². The highest BCUT2D eigenvalue weighted by atomic mass is 16.5. The van der Waals surface area contributed by atoms with Crippen molar-refractivity contribution in [1.29, 1.82) is 0 Å². The Morgan fingerprint density at radius 2 is 1.86 bits per heavy atom. The number of likely N-dealkylation sites (N-methyl/N-ethyl adjacent to an activating group) is 1. The summed E-state index contributed by atoms with van der Waals surface area (Å²) in [6.45, 7) is 4.96. The Bertz CT molecular complexity index is 486. The maximum Gasteiger partial charge on any atom is 0.239 e. The summed E-state index contributed by atoms with van der Waals surface area (Å²) in [5.41, 5.74) is 0.277. The van der Waals surface area contributed by atoms with Gasteiger partial charge < -0.3 is 15.0 Å². The fraction of sp³-hybridized carbons (Fsp3) is 0.529. The summed E-state index contributed by atoms with van der Waals surface area (Å²) < 4.78 is 4.92.